The minimum absolute atomic E-state index is 0.0203. The molecule has 1 saturated heterocycles. The number of halogens is 2. The van der Waals surface area contributed by atoms with Gasteiger partial charge < -0.3 is 19.8 Å². The normalized spacial score (nSPS) is 29.8. The molecule has 0 unspecified atom stereocenters. The van der Waals surface area contributed by atoms with Crippen LogP contribution in [0.4, 0.5) is 10.3 Å². The molecule has 0 amide bonds. The Morgan fingerprint density at radius 1 is 1.64 bits per heavy atom. The van der Waals surface area contributed by atoms with Crippen LogP contribution in [0.25, 0.3) is 11.2 Å². The predicted molar refractivity (Wildman–Crippen MR) is 86.7 cm³/mol. The Hall–Kier alpha value is -2.08. The van der Waals surface area contributed by atoms with E-state index in [1.807, 2.05) is 0 Å². The Morgan fingerprint density at radius 3 is 2.96 bits per heavy atom. The molecule has 0 saturated carbocycles. The van der Waals surface area contributed by atoms with Crippen molar-refractivity contribution in [3.8, 4) is 0 Å². The van der Waals surface area contributed by atoms with E-state index in [-0.39, 0.29) is 17.1 Å². The van der Waals surface area contributed by atoms with Crippen LogP contribution < -0.4 is 5.56 Å². The zero-order valence-electron chi connectivity index (χ0n) is 13.3. The number of aliphatic hydroxyl groups excluding tert-OH is 2. The molecule has 2 aromatic heterocycles. The van der Waals surface area contributed by atoms with Crippen LogP contribution in [0.1, 0.15) is 6.23 Å². The maximum Gasteiger partial charge on any atom is 0.280 e. The van der Waals surface area contributed by atoms with Crippen molar-refractivity contribution in [2.24, 2.45) is 4.99 Å². The number of H-pyrrole nitrogens is 1. The number of aliphatic hydroxyl groups is 2. The molecule has 3 rings (SSSR count). The van der Waals surface area contributed by atoms with E-state index in [1.165, 1.54) is 6.34 Å². The zero-order chi connectivity index (χ0) is 18.4. The van der Waals surface area contributed by atoms with Gasteiger partial charge in [0.2, 0.25) is 5.95 Å². The lowest BCUT2D eigenvalue weighted by Gasteiger charge is -2.22. The lowest BCUT2D eigenvalue weighted by atomic mass is 10.1. The summed E-state index contributed by atoms with van der Waals surface area (Å²) in [6.45, 7) is -0.630. The molecule has 10 nitrogen and oxygen atoms in total. The quantitative estimate of drug-likeness (QED) is 0.373. The molecule has 136 valence electrons. The van der Waals surface area contributed by atoms with Crippen molar-refractivity contribution in [2.45, 2.75) is 23.6 Å². The maximum absolute atomic E-state index is 14.7. The van der Waals surface area contributed by atoms with Gasteiger partial charge in [0, 0.05) is 14.1 Å². The summed E-state index contributed by atoms with van der Waals surface area (Å²) in [5, 5.41) is 16.3. The number of imidazole rings is 1. The third-order valence-electron chi connectivity index (χ3n) is 3.64. The maximum atomic E-state index is 14.7. The van der Waals surface area contributed by atoms with Crippen LogP contribution in [-0.2, 0) is 4.74 Å². The van der Waals surface area contributed by atoms with E-state index in [2.05, 4.69) is 19.9 Å². The fourth-order valence-corrected chi connectivity index (χ4v) is 2.73. The van der Waals surface area contributed by atoms with Crippen molar-refractivity contribution in [1.82, 2.24) is 24.4 Å². The molecule has 0 aromatic carbocycles. The van der Waals surface area contributed by atoms with Crippen LogP contribution in [0.5, 0.6) is 0 Å². The molecule has 0 spiro atoms. The average Bonchev–Trinajstić information content (AvgIpc) is 3.06. The summed E-state index contributed by atoms with van der Waals surface area (Å²) in [7, 11) is 3.47. The minimum Gasteiger partial charge on any atom is -0.394 e. The zero-order valence-corrected chi connectivity index (χ0v) is 14.1. The fourth-order valence-electron chi connectivity index (χ4n) is 2.44. The van der Waals surface area contributed by atoms with Gasteiger partial charge in [0.05, 0.1) is 19.3 Å². The number of fused-ring (bicyclic) bond motifs is 1. The van der Waals surface area contributed by atoms with Gasteiger partial charge in [-0.2, -0.15) is 4.98 Å². The Bertz CT molecular complexity index is 866. The van der Waals surface area contributed by atoms with Gasteiger partial charge in [-0.1, -0.05) is 11.6 Å². The summed E-state index contributed by atoms with van der Waals surface area (Å²) < 4.78 is 21.1. The molecular formula is C13H16ClFN6O4. The number of aliphatic imine (C=N–C) groups is 1. The first-order chi connectivity index (χ1) is 11.8. The molecule has 3 N–H and O–H groups in total. The third-order valence-corrected chi connectivity index (χ3v) is 4.05. The monoisotopic (exact) mass is 374 g/mol. The third kappa shape index (κ3) is 2.99. The van der Waals surface area contributed by atoms with Gasteiger partial charge in [-0.3, -0.25) is 14.3 Å². The first-order valence-electron chi connectivity index (χ1n) is 7.25. The molecule has 0 bridgehead atoms. The Kier molecular flexibility index (Phi) is 4.49. The van der Waals surface area contributed by atoms with Crippen molar-refractivity contribution in [3.63, 3.8) is 0 Å². The summed E-state index contributed by atoms with van der Waals surface area (Å²) in [6.07, 6.45) is -1.98. The summed E-state index contributed by atoms with van der Waals surface area (Å²) >= 11 is 5.78. The molecule has 0 aliphatic carbocycles. The first kappa shape index (κ1) is 17.7. The summed E-state index contributed by atoms with van der Waals surface area (Å²) in [5.74, 6) is -0.0239. The highest BCUT2D eigenvalue weighted by molar-refractivity contribution is 6.23. The SMILES string of the molecule is CN(C)C=Nc1nc2c(ncn2[C@@H]2O[C@H](CO)[C@@H](O)[C@]2(F)Cl)c(=O)[nH]1. The van der Waals surface area contributed by atoms with E-state index < -0.39 is 35.7 Å². The van der Waals surface area contributed by atoms with Crippen LogP contribution in [0.2, 0.25) is 0 Å². The number of nitrogens with one attached hydrogen (secondary N) is 1. The number of aromatic nitrogens is 4. The smallest absolute Gasteiger partial charge is 0.280 e. The van der Waals surface area contributed by atoms with Gasteiger partial charge in [0.1, 0.15) is 12.2 Å². The molecule has 3 heterocycles. The number of hydrogen-bond donors (Lipinski definition) is 3. The number of ether oxygens (including phenoxy) is 1. The first-order valence-corrected chi connectivity index (χ1v) is 7.63. The van der Waals surface area contributed by atoms with E-state index in [0.717, 1.165) is 10.9 Å². The molecule has 1 aliphatic rings. The van der Waals surface area contributed by atoms with E-state index in [1.54, 1.807) is 19.0 Å². The van der Waals surface area contributed by atoms with Gasteiger partial charge in [-0.15, -0.1) is 0 Å². The van der Waals surface area contributed by atoms with E-state index in [0.29, 0.717) is 0 Å². The molecule has 1 fully saturated rings. The minimum atomic E-state index is -2.74. The van der Waals surface area contributed by atoms with Crippen molar-refractivity contribution < 1.29 is 19.3 Å². The Labute approximate surface area is 145 Å². The molecule has 2 aromatic rings. The average molecular weight is 375 g/mol. The van der Waals surface area contributed by atoms with Crippen molar-refractivity contribution in [3.05, 3.63) is 16.7 Å². The molecule has 0 radical (unpaired) electrons. The number of hydrogen-bond acceptors (Lipinski definition) is 7. The van der Waals surface area contributed by atoms with Crippen molar-refractivity contribution in [2.75, 3.05) is 20.7 Å². The van der Waals surface area contributed by atoms with Gasteiger partial charge in [0.15, 0.2) is 17.4 Å². The number of aromatic amines is 1. The summed E-state index contributed by atoms with van der Waals surface area (Å²) in [4.78, 5) is 28.2. The molecule has 25 heavy (non-hydrogen) atoms. The second kappa shape index (κ2) is 6.33. The molecule has 4 atom stereocenters. The van der Waals surface area contributed by atoms with Gasteiger partial charge in [-0.25, -0.2) is 14.4 Å². The number of rotatable bonds is 4. The molecular weight excluding hydrogens is 359 g/mol. The standard InChI is InChI=1S/C13H16ClFN6O4/c1-20(2)4-17-12-18-9-7(10(24)19-12)16-5-21(9)11-13(14,15)8(23)6(3-22)25-11/h4-6,8,11,22-23H,3H2,1-2H3,(H,18,19,24)/t6-,8-,11-,13-/m1/s1. The van der Waals surface area contributed by atoms with Gasteiger partial charge in [-0.05, 0) is 0 Å². The predicted octanol–water partition coefficient (Wildman–Crippen LogP) is -0.504. The second-order valence-corrected chi connectivity index (χ2v) is 6.33. The number of alkyl halides is 2. The Morgan fingerprint density at radius 2 is 2.36 bits per heavy atom. The topological polar surface area (TPSA) is 129 Å². The van der Waals surface area contributed by atoms with Crippen molar-refractivity contribution >= 4 is 35.1 Å². The highest BCUT2D eigenvalue weighted by Crippen LogP contribution is 2.45. The summed E-state index contributed by atoms with van der Waals surface area (Å²) in [6, 6.07) is 0. The molecule has 12 heteroatoms. The van der Waals surface area contributed by atoms with Crippen LogP contribution >= 0.6 is 11.6 Å². The van der Waals surface area contributed by atoms with E-state index >= 15 is 0 Å². The van der Waals surface area contributed by atoms with E-state index in [4.69, 9.17) is 16.3 Å². The highest BCUT2D eigenvalue weighted by atomic mass is 35.5. The summed E-state index contributed by atoms with van der Waals surface area (Å²) in [5.41, 5.74) is -0.666. The fraction of sp³-hybridized carbons (Fsp3) is 0.538. The van der Waals surface area contributed by atoms with Crippen molar-refractivity contribution in [1.29, 1.82) is 0 Å². The number of nitrogens with zero attached hydrogens (tertiary/aromatic N) is 5. The van der Waals surface area contributed by atoms with E-state index in [9.17, 15) is 19.4 Å². The largest absolute Gasteiger partial charge is 0.394 e. The second-order valence-electron chi connectivity index (χ2n) is 5.75. The van der Waals surface area contributed by atoms with Crippen LogP contribution in [0.15, 0.2) is 16.1 Å². The highest BCUT2D eigenvalue weighted by Gasteiger charge is 2.57. The van der Waals surface area contributed by atoms with Crippen LogP contribution in [0, 0.1) is 0 Å². The molecule has 1 aliphatic heterocycles. The Balaban J connectivity index is 2.10. The van der Waals surface area contributed by atoms with Gasteiger partial charge >= 0.3 is 0 Å². The lowest BCUT2D eigenvalue weighted by molar-refractivity contribution is -0.0482. The van der Waals surface area contributed by atoms with Gasteiger partial charge in [0.25, 0.3) is 10.7 Å². The lowest BCUT2D eigenvalue weighted by Crippen LogP contribution is -2.38. The van der Waals surface area contributed by atoms with Crippen LogP contribution in [0.3, 0.4) is 0 Å². The van der Waals surface area contributed by atoms with Crippen LogP contribution in [-0.4, -0.2) is 79.0 Å².